The number of ether oxygens (including phenoxy) is 1. The highest BCUT2D eigenvalue weighted by Crippen LogP contribution is 2.23. The van der Waals surface area contributed by atoms with Gasteiger partial charge in [-0.3, -0.25) is 9.59 Å². The molecule has 1 fully saturated rings. The number of benzene rings is 3. The van der Waals surface area contributed by atoms with Crippen molar-refractivity contribution in [2.24, 2.45) is 0 Å². The van der Waals surface area contributed by atoms with Crippen LogP contribution in [0.5, 0.6) is 0 Å². The fourth-order valence-electron chi connectivity index (χ4n) is 4.15. The predicted octanol–water partition coefficient (Wildman–Crippen LogP) is 4.45. The molecule has 1 aromatic heterocycles. The van der Waals surface area contributed by atoms with Crippen LogP contribution < -0.4 is 10.2 Å². The number of hydrogen-bond donors (Lipinski definition) is 2. The van der Waals surface area contributed by atoms with E-state index < -0.39 is 0 Å². The summed E-state index contributed by atoms with van der Waals surface area (Å²) in [6.07, 6.45) is 0.407. The van der Waals surface area contributed by atoms with Crippen LogP contribution in [0.3, 0.4) is 0 Å². The highest BCUT2D eigenvalue weighted by molar-refractivity contribution is 6.04. The lowest BCUT2D eigenvalue weighted by molar-refractivity contribution is -0.116. The van der Waals surface area contributed by atoms with Crippen molar-refractivity contribution in [2.75, 3.05) is 36.5 Å². The molecule has 1 aliphatic rings. The number of Topliss-reactive ketones (excluding diaryl/α,β-unsaturated/α-hetero) is 1. The van der Waals surface area contributed by atoms with E-state index in [9.17, 15) is 9.59 Å². The van der Waals surface area contributed by atoms with Gasteiger partial charge in [-0.25, -0.2) is 4.98 Å². The molecule has 2 heterocycles. The van der Waals surface area contributed by atoms with Crippen molar-refractivity contribution in [3.63, 3.8) is 0 Å². The van der Waals surface area contributed by atoms with E-state index in [1.807, 2.05) is 54.6 Å². The molecule has 7 heteroatoms. The molecule has 2 N–H and O–H groups in total. The fourth-order valence-corrected chi connectivity index (χ4v) is 4.15. The van der Waals surface area contributed by atoms with Crippen molar-refractivity contribution in [1.29, 1.82) is 0 Å². The van der Waals surface area contributed by atoms with E-state index in [1.54, 1.807) is 19.1 Å². The van der Waals surface area contributed by atoms with Crippen LogP contribution in [-0.2, 0) is 16.0 Å². The minimum atomic E-state index is -0.163. The quantitative estimate of drug-likeness (QED) is 0.449. The second-order valence-electron chi connectivity index (χ2n) is 8.49. The van der Waals surface area contributed by atoms with Gasteiger partial charge in [-0.2, -0.15) is 0 Å². The molecule has 4 aromatic rings. The molecular formula is C27H26N4O3. The zero-order valence-electron chi connectivity index (χ0n) is 19.0. The Bertz CT molecular complexity index is 1320. The molecule has 0 aliphatic carbocycles. The average Bonchev–Trinajstić information content (AvgIpc) is 3.28. The van der Waals surface area contributed by atoms with Crippen LogP contribution >= 0.6 is 0 Å². The van der Waals surface area contributed by atoms with Crippen LogP contribution in [0.15, 0.2) is 66.7 Å². The largest absolute Gasteiger partial charge is 0.378 e. The van der Waals surface area contributed by atoms with Gasteiger partial charge in [0.15, 0.2) is 0 Å². The van der Waals surface area contributed by atoms with Gasteiger partial charge in [-0.1, -0.05) is 18.2 Å². The predicted molar refractivity (Wildman–Crippen MR) is 133 cm³/mol. The van der Waals surface area contributed by atoms with Crippen molar-refractivity contribution >= 4 is 34.1 Å². The Morgan fingerprint density at radius 1 is 1.00 bits per heavy atom. The number of amides is 1. The summed E-state index contributed by atoms with van der Waals surface area (Å²) >= 11 is 0. The van der Waals surface area contributed by atoms with Gasteiger partial charge in [-0.15, -0.1) is 0 Å². The number of morpholine rings is 1. The molecule has 3 aromatic carbocycles. The summed E-state index contributed by atoms with van der Waals surface area (Å²) in [7, 11) is 0. The number of carbonyl (C=O) groups is 2. The normalized spacial score (nSPS) is 13.7. The van der Waals surface area contributed by atoms with E-state index in [1.165, 1.54) is 0 Å². The zero-order chi connectivity index (χ0) is 23.5. The van der Waals surface area contributed by atoms with Crippen LogP contribution in [-0.4, -0.2) is 48.0 Å². The van der Waals surface area contributed by atoms with Gasteiger partial charge in [0.1, 0.15) is 11.6 Å². The molecular weight excluding hydrogens is 428 g/mol. The van der Waals surface area contributed by atoms with Crippen molar-refractivity contribution in [3.05, 3.63) is 77.9 Å². The average molecular weight is 455 g/mol. The van der Waals surface area contributed by atoms with Crippen LogP contribution in [0.4, 0.5) is 11.4 Å². The summed E-state index contributed by atoms with van der Waals surface area (Å²) in [5.41, 5.74) is 6.02. The van der Waals surface area contributed by atoms with E-state index >= 15 is 0 Å². The van der Waals surface area contributed by atoms with Crippen molar-refractivity contribution in [3.8, 4) is 11.4 Å². The van der Waals surface area contributed by atoms with E-state index in [-0.39, 0.29) is 11.7 Å². The van der Waals surface area contributed by atoms with Crippen LogP contribution in [0, 0.1) is 0 Å². The summed E-state index contributed by atoms with van der Waals surface area (Å²) in [4.78, 5) is 34.3. The fraction of sp³-hybridized carbons (Fsp3) is 0.222. The molecule has 0 radical (unpaired) electrons. The van der Waals surface area contributed by atoms with Crippen LogP contribution in [0.25, 0.3) is 22.4 Å². The zero-order valence-corrected chi connectivity index (χ0v) is 19.0. The lowest BCUT2D eigenvalue weighted by Crippen LogP contribution is -2.36. The molecule has 0 spiro atoms. The van der Waals surface area contributed by atoms with Crippen LogP contribution in [0.2, 0.25) is 0 Å². The maximum Gasteiger partial charge on any atom is 0.255 e. The lowest BCUT2D eigenvalue weighted by Gasteiger charge is -2.28. The van der Waals surface area contributed by atoms with Crippen molar-refractivity contribution in [1.82, 2.24) is 9.97 Å². The second-order valence-corrected chi connectivity index (χ2v) is 8.49. The Morgan fingerprint density at radius 2 is 1.74 bits per heavy atom. The molecule has 1 saturated heterocycles. The monoisotopic (exact) mass is 454 g/mol. The molecule has 5 rings (SSSR count). The summed E-state index contributed by atoms with van der Waals surface area (Å²) in [5.74, 6) is 0.686. The van der Waals surface area contributed by atoms with Crippen LogP contribution in [0.1, 0.15) is 22.8 Å². The van der Waals surface area contributed by atoms with E-state index in [4.69, 9.17) is 4.74 Å². The maximum atomic E-state index is 12.7. The smallest absolute Gasteiger partial charge is 0.255 e. The number of fused-ring (bicyclic) bond motifs is 1. The van der Waals surface area contributed by atoms with Gasteiger partial charge in [0.05, 0.1) is 24.2 Å². The summed E-state index contributed by atoms with van der Waals surface area (Å²) in [6.45, 7) is 4.82. The Kier molecular flexibility index (Phi) is 6.10. The Balaban J connectivity index is 1.26. The van der Waals surface area contributed by atoms with Gasteiger partial charge in [0.25, 0.3) is 5.91 Å². The van der Waals surface area contributed by atoms with Crippen molar-refractivity contribution in [2.45, 2.75) is 13.3 Å². The number of carbonyl (C=O) groups excluding carboxylic acids is 2. The SMILES string of the molecule is CC(=O)Cc1ccc2nc(-c3ccc(C(=O)Nc4ccc(N5CCOCC5)cc4)cc3)[nH]c2c1. The first kappa shape index (κ1) is 21.9. The van der Waals surface area contributed by atoms with Gasteiger partial charge >= 0.3 is 0 Å². The van der Waals surface area contributed by atoms with Gasteiger partial charge in [-0.05, 0) is 61.0 Å². The highest BCUT2D eigenvalue weighted by atomic mass is 16.5. The Morgan fingerprint density at radius 3 is 2.44 bits per heavy atom. The number of aromatic nitrogens is 2. The Labute approximate surface area is 197 Å². The molecule has 0 saturated carbocycles. The van der Waals surface area contributed by atoms with Gasteiger partial charge in [0, 0.05) is 42.0 Å². The number of rotatable bonds is 6. The third kappa shape index (κ3) is 4.84. The minimum Gasteiger partial charge on any atom is -0.378 e. The first-order chi connectivity index (χ1) is 16.5. The summed E-state index contributed by atoms with van der Waals surface area (Å²) in [5, 5.41) is 2.96. The third-order valence-corrected chi connectivity index (χ3v) is 5.92. The molecule has 172 valence electrons. The van der Waals surface area contributed by atoms with Gasteiger partial charge in [0.2, 0.25) is 0 Å². The highest BCUT2D eigenvalue weighted by Gasteiger charge is 2.12. The third-order valence-electron chi connectivity index (χ3n) is 5.92. The summed E-state index contributed by atoms with van der Waals surface area (Å²) < 4.78 is 5.40. The summed E-state index contributed by atoms with van der Waals surface area (Å²) in [6, 6.07) is 21.0. The Hall–Kier alpha value is -3.97. The molecule has 1 aliphatic heterocycles. The number of nitrogens with zero attached hydrogens (tertiary/aromatic N) is 2. The number of aromatic amines is 1. The molecule has 1 amide bonds. The number of ketones is 1. The second kappa shape index (κ2) is 9.49. The topological polar surface area (TPSA) is 87.3 Å². The van der Waals surface area contributed by atoms with E-state index in [0.717, 1.165) is 65.7 Å². The first-order valence-corrected chi connectivity index (χ1v) is 11.4. The number of nitrogens with one attached hydrogen (secondary N) is 2. The maximum absolute atomic E-state index is 12.7. The lowest BCUT2D eigenvalue weighted by atomic mass is 10.1. The molecule has 0 bridgehead atoms. The molecule has 7 nitrogen and oxygen atoms in total. The molecule has 0 unspecified atom stereocenters. The van der Waals surface area contributed by atoms with E-state index in [2.05, 4.69) is 20.2 Å². The molecule has 0 atom stereocenters. The van der Waals surface area contributed by atoms with E-state index in [0.29, 0.717) is 12.0 Å². The standard InChI is InChI=1S/C27H26N4O3/c1-18(32)16-19-2-11-24-25(17-19)30-26(29-24)20-3-5-21(6-4-20)27(33)28-22-7-9-23(10-8-22)31-12-14-34-15-13-31/h2-11,17H,12-16H2,1H3,(H,28,33)(H,29,30). The van der Waals surface area contributed by atoms with Crippen molar-refractivity contribution < 1.29 is 14.3 Å². The number of imidazole rings is 1. The number of hydrogen-bond acceptors (Lipinski definition) is 5. The molecule has 34 heavy (non-hydrogen) atoms. The minimum absolute atomic E-state index is 0.126. The van der Waals surface area contributed by atoms with Gasteiger partial charge < -0.3 is 19.9 Å². The number of anilines is 2. The first-order valence-electron chi connectivity index (χ1n) is 11.4. The number of H-pyrrole nitrogens is 1.